The summed E-state index contributed by atoms with van der Waals surface area (Å²) >= 11 is 7.80. The Morgan fingerprint density at radius 1 is 1.15 bits per heavy atom. The highest BCUT2D eigenvalue weighted by molar-refractivity contribution is 7.98. The van der Waals surface area contributed by atoms with Crippen LogP contribution >= 0.6 is 23.4 Å². The molecule has 1 amide bonds. The average molecular weight is 482 g/mol. The summed E-state index contributed by atoms with van der Waals surface area (Å²) in [5.41, 5.74) is 1.96. The van der Waals surface area contributed by atoms with E-state index in [1.54, 1.807) is 25.2 Å². The van der Waals surface area contributed by atoms with Gasteiger partial charge in [-0.3, -0.25) is 18.6 Å². The molecule has 0 aliphatic heterocycles. The fraction of sp³-hybridized carbons (Fsp3) is 0.333. The smallest absolute Gasteiger partial charge is 0.262 e. The zero-order chi connectivity index (χ0) is 22.9. The van der Waals surface area contributed by atoms with Crippen molar-refractivity contribution < 1.29 is 4.79 Å². The quantitative estimate of drug-likeness (QED) is 0.422. The Morgan fingerprint density at radius 2 is 1.94 bits per heavy atom. The van der Waals surface area contributed by atoms with Gasteiger partial charge in [-0.15, -0.1) is 10.2 Å². The van der Waals surface area contributed by atoms with Gasteiger partial charge in [-0.2, -0.15) is 0 Å². The third kappa shape index (κ3) is 4.25. The summed E-state index contributed by atoms with van der Waals surface area (Å²) in [5.74, 6) is 0.919. The highest BCUT2D eigenvalue weighted by Crippen LogP contribution is 2.28. The Morgan fingerprint density at radius 3 is 2.73 bits per heavy atom. The van der Waals surface area contributed by atoms with Gasteiger partial charge in [0.15, 0.2) is 5.16 Å². The highest BCUT2D eigenvalue weighted by atomic mass is 35.5. The first kappa shape index (κ1) is 22.0. The van der Waals surface area contributed by atoms with E-state index in [1.165, 1.54) is 22.7 Å². The molecule has 1 fully saturated rings. The van der Waals surface area contributed by atoms with Crippen molar-refractivity contribution in [3.8, 4) is 0 Å². The first-order valence-electron chi connectivity index (χ1n) is 11.1. The van der Waals surface area contributed by atoms with Crippen molar-refractivity contribution in [2.24, 2.45) is 7.05 Å². The van der Waals surface area contributed by atoms with Gasteiger partial charge in [0.25, 0.3) is 11.5 Å². The van der Waals surface area contributed by atoms with Crippen molar-refractivity contribution in [2.45, 2.75) is 49.1 Å². The number of fused-ring (bicyclic) bond motifs is 3. The van der Waals surface area contributed by atoms with E-state index in [4.69, 9.17) is 11.6 Å². The van der Waals surface area contributed by atoms with Gasteiger partial charge in [0, 0.05) is 29.4 Å². The number of rotatable bonds is 5. The van der Waals surface area contributed by atoms with Crippen LogP contribution in [0.1, 0.15) is 48.0 Å². The molecule has 0 radical (unpaired) electrons. The number of nitrogens with zero attached hydrogens (tertiary/aromatic N) is 4. The largest absolute Gasteiger partial charge is 0.349 e. The maximum absolute atomic E-state index is 13.0. The summed E-state index contributed by atoms with van der Waals surface area (Å²) in [4.78, 5) is 25.9. The molecule has 1 N–H and O–H groups in total. The van der Waals surface area contributed by atoms with Crippen LogP contribution in [0.5, 0.6) is 0 Å². The lowest BCUT2D eigenvalue weighted by molar-refractivity contribution is 0.0928. The summed E-state index contributed by atoms with van der Waals surface area (Å²) in [7, 11) is 1.68. The van der Waals surface area contributed by atoms with Crippen LogP contribution in [0.2, 0.25) is 5.02 Å². The van der Waals surface area contributed by atoms with Gasteiger partial charge < -0.3 is 5.32 Å². The molecule has 0 spiro atoms. The fourth-order valence-corrected chi connectivity index (χ4v) is 5.59. The molecule has 1 saturated carbocycles. The van der Waals surface area contributed by atoms with Crippen LogP contribution in [-0.4, -0.2) is 31.1 Å². The number of aryl methyl sites for hydroxylation is 1. The molecule has 2 aromatic heterocycles. The molecule has 1 aliphatic rings. The monoisotopic (exact) mass is 481 g/mol. The Labute approximate surface area is 200 Å². The molecule has 33 heavy (non-hydrogen) atoms. The number of hydrogen-bond donors (Lipinski definition) is 1. The van der Waals surface area contributed by atoms with Crippen LogP contribution in [0.4, 0.5) is 0 Å². The Kier molecular flexibility index (Phi) is 6.12. The maximum Gasteiger partial charge on any atom is 0.262 e. The van der Waals surface area contributed by atoms with Crippen LogP contribution in [0.3, 0.4) is 0 Å². The summed E-state index contributed by atoms with van der Waals surface area (Å²) < 4.78 is 3.33. The van der Waals surface area contributed by atoms with Gasteiger partial charge in [-0.25, -0.2) is 0 Å². The molecular formula is C24H24ClN5O2S. The lowest BCUT2D eigenvalue weighted by Gasteiger charge is -2.22. The SMILES string of the molecule is Cn1c(=O)c2ccc(C(=O)NC3CCCCC3)cc2n2c(SCc3ccccc3Cl)nnc12. The predicted molar refractivity (Wildman–Crippen MR) is 131 cm³/mol. The van der Waals surface area contributed by atoms with E-state index in [9.17, 15) is 9.59 Å². The van der Waals surface area contributed by atoms with Crippen LogP contribution < -0.4 is 10.9 Å². The molecule has 4 aromatic rings. The number of carbonyl (C=O) groups excluding carboxylic acids is 1. The molecule has 0 atom stereocenters. The first-order chi connectivity index (χ1) is 16.0. The second-order valence-corrected chi connectivity index (χ2v) is 9.75. The number of aromatic nitrogens is 4. The van der Waals surface area contributed by atoms with Crippen LogP contribution in [0.25, 0.3) is 16.7 Å². The molecule has 9 heteroatoms. The average Bonchev–Trinajstić information content (AvgIpc) is 3.26. The summed E-state index contributed by atoms with van der Waals surface area (Å²) in [5, 5.41) is 13.6. The number of halogens is 1. The first-order valence-corrected chi connectivity index (χ1v) is 12.4. The lowest BCUT2D eigenvalue weighted by Crippen LogP contribution is -2.36. The summed E-state index contributed by atoms with van der Waals surface area (Å²) in [6.07, 6.45) is 5.54. The summed E-state index contributed by atoms with van der Waals surface area (Å²) in [6.45, 7) is 0. The number of carbonyl (C=O) groups is 1. The Bertz CT molecular complexity index is 1410. The molecule has 2 heterocycles. The molecule has 1 aliphatic carbocycles. The molecular weight excluding hydrogens is 458 g/mol. The van der Waals surface area contributed by atoms with Crippen LogP contribution in [0, 0.1) is 0 Å². The van der Waals surface area contributed by atoms with Gasteiger partial charge in [0.1, 0.15) is 0 Å². The number of hydrogen-bond acceptors (Lipinski definition) is 5. The van der Waals surface area contributed by atoms with Crippen molar-refractivity contribution in [1.82, 2.24) is 24.5 Å². The Hall–Kier alpha value is -2.84. The zero-order valence-electron chi connectivity index (χ0n) is 18.3. The minimum Gasteiger partial charge on any atom is -0.349 e. The van der Waals surface area contributed by atoms with E-state index < -0.39 is 0 Å². The minimum absolute atomic E-state index is 0.115. The van der Waals surface area contributed by atoms with Gasteiger partial charge in [-0.05, 0) is 42.7 Å². The van der Waals surface area contributed by atoms with E-state index in [0.29, 0.717) is 38.2 Å². The second kappa shape index (κ2) is 9.19. The van der Waals surface area contributed by atoms with E-state index in [1.807, 2.05) is 28.7 Å². The number of benzene rings is 2. The van der Waals surface area contributed by atoms with E-state index in [-0.39, 0.29) is 17.5 Å². The topological polar surface area (TPSA) is 81.3 Å². The molecule has 170 valence electrons. The van der Waals surface area contributed by atoms with Gasteiger partial charge in [-0.1, -0.05) is 60.8 Å². The number of amides is 1. The molecule has 0 unspecified atom stereocenters. The Balaban J connectivity index is 1.54. The molecule has 2 aromatic carbocycles. The van der Waals surface area contributed by atoms with Crippen molar-refractivity contribution >= 4 is 46.0 Å². The third-order valence-corrected chi connectivity index (χ3v) is 7.55. The van der Waals surface area contributed by atoms with Gasteiger partial charge in [0.2, 0.25) is 5.78 Å². The minimum atomic E-state index is -0.174. The second-order valence-electron chi connectivity index (χ2n) is 8.40. The van der Waals surface area contributed by atoms with Crippen LogP contribution in [-0.2, 0) is 12.8 Å². The van der Waals surface area contributed by atoms with Crippen molar-refractivity contribution in [3.63, 3.8) is 0 Å². The molecule has 5 rings (SSSR count). The standard InChI is InChI=1S/C24H24ClN5O2S/c1-29-22(32)18-12-11-15(21(31)26-17-8-3-2-4-9-17)13-20(18)30-23(29)27-28-24(30)33-14-16-7-5-6-10-19(16)25/h5-7,10-13,17H,2-4,8-9,14H2,1H3,(H,26,31). The van der Waals surface area contributed by atoms with Crippen molar-refractivity contribution in [2.75, 3.05) is 0 Å². The lowest BCUT2D eigenvalue weighted by atomic mass is 9.95. The van der Waals surface area contributed by atoms with Gasteiger partial charge >= 0.3 is 0 Å². The normalized spacial score (nSPS) is 14.7. The highest BCUT2D eigenvalue weighted by Gasteiger charge is 2.20. The van der Waals surface area contributed by atoms with E-state index in [2.05, 4.69) is 15.5 Å². The maximum atomic E-state index is 13.0. The molecule has 0 bridgehead atoms. The predicted octanol–water partition coefficient (Wildman–Crippen LogP) is 4.59. The van der Waals surface area contributed by atoms with E-state index >= 15 is 0 Å². The van der Waals surface area contributed by atoms with Crippen LogP contribution in [0.15, 0.2) is 52.4 Å². The molecule has 0 saturated heterocycles. The van der Waals surface area contributed by atoms with Crippen molar-refractivity contribution in [1.29, 1.82) is 0 Å². The van der Waals surface area contributed by atoms with E-state index in [0.717, 1.165) is 31.2 Å². The zero-order valence-corrected chi connectivity index (χ0v) is 19.8. The van der Waals surface area contributed by atoms with Gasteiger partial charge in [0.05, 0.1) is 10.9 Å². The molecule has 7 nitrogen and oxygen atoms in total. The number of nitrogens with one attached hydrogen (secondary N) is 1. The fourth-order valence-electron chi connectivity index (χ4n) is 4.37. The summed E-state index contributed by atoms with van der Waals surface area (Å²) in [6, 6.07) is 13.1. The van der Waals surface area contributed by atoms with Crippen molar-refractivity contribution in [3.05, 3.63) is 69.0 Å². The number of thioether (sulfide) groups is 1. The third-order valence-electron chi connectivity index (χ3n) is 6.21.